The maximum absolute atomic E-state index is 12.7. The number of aromatic nitrogens is 2. The van der Waals surface area contributed by atoms with Gasteiger partial charge in [0.05, 0.1) is 18.8 Å². The molecule has 33 heavy (non-hydrogen) atoms. The maximum Gasteiger partial charge on any atom is 0.410 e. The fourth-order valence-electron chi connectivity index (χ4n) is 4.29. The SMILES string of the molecule is CCOC(=O)N1CCc2nnc(N3CCC(NC(=O)c4cccc(N(C)C)c4)CC3)cc2C1. The number of fused-ring (bicyclic) bond motifs is 1. The highest BCUT2D eigenvalue weighted by Crippen LogP contribution is 2.24. The molecule has 0 aliphatic carbocycles. The minimum atomic E-state index is -0.283. The molecule has 9 nitrogen and oxygen atoms in total. The van der Waals surface area contributed by atoms with Crippen LogP contribution in [0.3, 0.4) is 0 Å². The van der Waals surface area contributed by atoms with Gasteiger partial charge in [-0.3, -0.25) is 4.79 Å². The van der Waals surface area contributed by atoms with Crippen molar-refractivity contribution < 1.29 is 14.3 Å². The van der Waals surface area contributed by atoms with Crippen LogP contribution >= 0.6 is 0 Å². The Morgan fingerprint density at radius 3 is 2.67 bits per heavy atom. The van der Waals surface area contributed by atoms with Gasteiger partial charge in [-0.25, -0.2) is 4.79 Å². The molecule has 0 spiro atoms. The molecule has 1 N–H and O–H groups in total. The molecule has 176 valence electrons. The van der Waals surface area contributed by atoms with Gasteiger partial charge in [0.25, 0.3) is 5.91 Å². The van der Waals surface area contributed by atoms with E-state index in [1.807, 2.05) is 56.3 Å². The number of benzene rings is 1. The van der Waals surface area contributed by atoms with Crippen molar-refractivity contribution in [2.24, 2.45) is 0 Å². The molecular weight excluding hydrogens is 420 g/mol. The van der Waals surface area contributed by atoms with E-state index in [0.717, 1.165) is 48.7 Å². The van der Waals surface area contributed by atoms with E-state index in [2.05, 4.69) is 20.4 Å². The molecule has 9 heteroatoms. The van der Waals surface area contributed by atoms with Crippen LogP contribution in [0.4, 0.5) is 16.3 Å². The van der Waals surface area contributed by atoms with Crippen LogP contribution in [0.2, 0.25) is 0 Å². The molecule has 0 saturated carbocycles. The third-order valence-electron chi connectivity index (χ3n) is 6.23. The average Bonchev–Trinajstić information content (AvgIpc) is 2.84. The van der Waals surface area contributed by atoms with Crippen LogP contribution in [-0.4, -0.2) is 73.5 Å². The Labute approximate surface area is 194 Å². The van der Waals surface area contributed by atoms with Crippen LogP contribution < -0.4 is 15.1 Å². The van der Waals surface area contributed by atoms with Gasteiger partial charge in [0, 0.05) is 57.4 Å². The summed E-state index contributed by atoms with van der Waals surface area (Å²) in [5.41, 5.74) is 3.65. The fourth-order valence-corrected chi connectivity index (χ4v) is 4.29. The Morgan fingerprint density at radius 2 is 1.94 bits per heavy atom. The Bertz CT molecular complexity index is 1000. The number of piperidine rings is 1. The van der Waals surface area contributed by atoms with Crippen molar-refractivity contribution in [1.29, 1.82) is 0 Å². The molecule has 1 fully saturated rings. The maximum atomic E-state index is 12.7. The summed E-state index contributed by atoms with van der Waals surface area (Å²) in [5.74, 6) is 0.785. The van der Waals surface area contributed by atoms with Gasteiger partial charge in [0.15, 0.2) is 5.82 Å². The van der Waals surface area contributed by atoms with Crippen molar-refractivity contribution in [2.45, 2.75) is 38.8 Å². The number of hydrogen-bond donors (Lipinski definition) is 1. The van der Waals surface area contributed by atoms with Crippen LogP contribution in [0.15, 0.2) is 30.3 Å². The molecule has 4 rings (SSSR count). The van der Waals surface area contributed by atoms with Crippen molar-refractivity contribution in [3.8, 4) is 0 Å². The zero-order chi connectivity index (χ0) is 23.4. The second-order valence-corrected chi connectivity index (χ2v) is 8.72. The number of carbonyl (C=O) groups is 2. The highest BCUT2D eigenvalue weighted by Gasteiger charge is 2.26. The summed E-state index contributed by atoms with van der Waals surface area (Å²) in [4.78, 5) is 30.7. The van der Waals surface area contributed by atoms with E-state index in [1.165, 1.54) is 0 Å². The van der Waals surface area contributed by atoms with Gasteiger partial charge >= 0.3 is 6.09 Å². The van der Waals surface area contributed by atoms with E-state index in [4.69, 9.17) is 4.74 Å². The molecule has 1 saturated heterocycles. The zero-order valence-electron chi connectivity index (χ0n) is 19.6. The van der Waals surface area contributed by atoms with E-state index >= 15 is 0 Å². The number of anilines is 2. The molecule has 2 amide bonds. The number of hydrogen-bond acceptors (Lipinski definition) is 7. The first kappa shape index (κ1) is 22.8. The van der Waals surface area contributed by atoms with Crippen molar-refractivity contribution in [3.63, 3.8) is 0 Å². The highest BCUT2D eigenvalue weighted by molar-refractivity contribution is 5.95. The average molecular weight is 453 g/mol. The third-order valence-corrected chi connectivity index (χ3v) is 6.23. The zero-order valence-corrected chi connectivity index (χ0v) is 19.6. The summed E-state index contributed by atoms with van der Waals surface area (Å²) in [5, 5.41) is 12.0. The van der Waals surface area contributed by atoms with E-state index in [-0.39, 0.29) is 18.0 Å². The van der Waals surface area contributed by atoms with Gasteiger partial charge in [-0.2, -0.15) is 5.10 Å². The van der Waals surface area contributed by atoms with E-state index in [9.17, 15) is 9.59 Å². The summed E-state index contributed by atoms with van der Waals surface area (Å²) < 4.78 is 5.14. The van der Waals surface area contributed by atoms with Gasteiger partial charge in [0.1, 0.15) is 0 Å². The normalized spacial score (nSPS) is 16.2. The number of ether oxygens (including phenoxy) is 1. The molecule has 2 aliphatic rings. The van der Waals surface area contributed by atoms with Crippen molar-refractivity contribution in [1.82, 2.24) is 20.4 Å². The molecule has 1 aromatic carbocycles. The van der Waals surface area contributed by atoms with Crippen LogP contribution in [0.1, 0.15) is 41.4 Å². The van der Waals surface area contributed by atoms with Crippen LogP contribution in [0, 0.1) is 0 Å². The van der Waals surface area contributed by atoms with Crippen LogP contribution in [0.25, 0.3) is 0 Å². The van der Waals surface area contributed by atoms with Gasteiger partial charge < -0.3 is 24.8 Å². The summed E-state index contributed by atoms with van der Waals surface area (Å²) in [7, 11) is 3.93. The first-order chi connectivity index (χ1) is 15.9. The molecule has 2 aliphatic heterocycles. The Hall–Kier alpha value is -3.36. The van der Waals surface area contributed by atoms with Crippen molar-refractivity contribution >= 4 is 23.5 Å². The van der Waals surface area contributed by atoms with Crippen molar-refractivity contribution in [3.05, 3.63) is 47.2 Å². The lowest BCUT2D eigenvalue weighted by atomic mass is 10.0. The third kappa shape index (κ3) is 5.35. The minimum Gasteiger partial charge on any atom is -0.450 e. The Kier molecular flexibility index (Phi) is 6.96. The second-order valence-electron chi connectivity index (χ2n) is 8.72. The Balaban J connectivity index is 1.34. The predicted molar refractivity (Wildman–Crippen MR) is 127 cm³/mol. The van der Waals surface area contributed by atoms with Crippen molar-refractivity contribution in [2.75, 3.05) is 50.1 Å². The highest BCUT2D eigenvalue weighted by atomic mass is 16.6. The minimum absolute atomic E-state index is 0.0372. The van der Waals surface area contributed by atoms with Crippen LogP contribution in [0.5, 0.6) is 0 Å². The number of nitrogens with zero attached hydrogens (tertiary/aromatic N) is 5. The summed E-state index contributed by atoms with van der Waals surface area (Å²) in [6.45, 7) is 4.86. The first-order valence-corrected chi connectivity index (χ1v) is 11.5. The molecular formula is C24H32N6O3. The standard InChI is InChI=1S/C24H32N6O3/c1-4-33-24(32)30-13-10-21-18(16-30)15-22(27-26-21)29-11-8-19(9-12-29)25-23(31)17-6-5-7-20(14-17)28(2)3/h5-7,14-15,19H,4,8-13,16H2,1-3H3,(H,25,31). The van der Waals surface area contributed by atoms with Gasteiger partial charge in [-0.05, 0) is 49.6 Å². The van der Waals surface area contributed by atoms with E-state index < -0.39 is 0 Å². The lowest BCUT2D eigenvalue weighted by Gasteiger charge is -2.34. The molecule has 1 aromatic heterocycles. The number of carbonyl (C=O) groups excluding carboxylic acids is 2. The fraction of sp³-hybridized carbons (Fsp3) is 0.500. The van der Waals surface area contributed by atoms with Crippen LogP contribution in [-0.2, 0) is 17.7 Å². The lowest BCUT2D eigenvalue weighted by molar-refractivity contribution is 0.0930. The number of rotatable bonds is 5. The topological polar surface area (TPSA) is 90.9 Å². The summed E-state index contributed by atoms with van der Waals surface area (Å²) in [6.07, 6.45) is 2.08. The van der Waals surface area contributed by atoms with Gasteiger partial charge in [0.2, 0.25) is 0 Å². The van der Waals surface area contributed by atoms with Gasteiger partial charge in [-0.1, -0.05) is 6.07 Å². The monoisotopic (exact) mass is 452 g/mol. The summed E-state index contributed by atoms with van der Waals surface area (Å²) in [6, 6.07) is 9.82. The number of amides is 2. The van der Waals surface area contributed by atoms with E-state index in [0.29, 0.717) is 31.7 Å². The molecule has 3 heterocycles. The number of nitrogens with one attached hydrogen (secondary N) is 1. The molecule has 2 aromatic rings. The first-order valence-electron chi connectivity index (χ1n) is 11.5. The van der Waals surface area contributed by atoms with Gasteiger partial charge in [-0.15, -0.1) is 5.10 Å². The molecule has 0 unspecified atom stereocenters. The molecule has 0 atom stereocenters. The molecule has 0 radical (unpaired) electrons. The predicted octanol–water partition coefficient (Wildman–Crippen LogP) is 2.46. The Morgan fingerprint density at radius 1 is 1.15 bits per heavy atom. The second kappa shape index (κ2) is 10.1. The smallest absolute Gasteiger partial charge is 0.410 e. The van der Waals surface area contributed by atoms with E-state index in [1.54, 1.807) is 4.90 Å². The summed E-state index contributed by atoms with van der Waals surface area (Å²) >= 11 is 0. The quantitative estimate of drug-likeness (QED) is 0.745. The lowest BCUT2D eigenvalue weighted by Crippen LogP contribution is -2.45. The molecule has 0 bridgehead atoms. The largest absolute Gasteiger partial charge is 0.450 e.